The van der Waals surface area contributed by atoms with Crippen LogP contribution in [0.2, 0.25) is 0 Å². The Bertz CT molecular complexity index is 1410. The van der Waals surface area contributed by atoms with E-state index < -0.39 is 5.82 Å². The van der Waals surface area contributed by atoms with Crippen LogP contribution < -0.4 is 15.8 Å². The number of anilines is 1. The Hall–Kier alpha value is -3.83. The summed E-state index contributed by atoms with van der Waals surface area (Å²) in [5.41, 5.74) is 1.08. The minimum Gasteiger partial charge on any atom is -0.342 e. The molecule has 0 spiro atoms. The first-order valence-electron chi connectivity index (χ1n) is 13.0. The fraction of sp³-hybridized carbons (Fsp3) is 0.538. The molecule has 0 aromatic carbocycles. The van der Waals surface area contributed by atoms with Gasteiger partial charge in [-0.3, -0.25) is 29.5 Å². The minimum atomic E-state index is -0.520. The van der Waals surface area contributed by atoms with E-state index in [2.05, 4.69) is 39.1 Å². The zero-order chi connectivity index (χ0) is 26.9. The molecule has 5 atom stereocenters. The maximum Gasteiger partial charge on any atom is 0.255 e. The van der Waals surface area contributed by atoms with Gasteiger partial charge in [-0.1, -0.05) is 13.8 Å². The first kappa shape index (κ1) is 24.5. The Kier molecular flexibility index (Phi) is 5.73. The van der Waals surface area contributed by atoms with E-state index in [1.807, 2.05) is 23.9 Å². The molecule has 1 saturated heterocycles. The van der Waals surface area contributed by atoms with Crippen LogP contribution in [0.3, 0.4) is 0 Å². The largest absolute Gasteiger partial charge is 0.342 e. The zero-order valence-corrected chi connectivity index (χ0v) is 22.2. The molecule has 5 heterocycles. The Morgan fingerprint density at radius 3 is 2.66 bits per heavy atom. The molecule has 4 aliphatic rings. The Labute approximate surface area is 220 Å². The Morgan fingerprint density at radius 1 is 1.24 bits per heavy atom. The number of hydrogen-bond donors (Lipinski definition) is 1. The van der Waals surface area contributed by atoms with Gasteiger partial charge < -0.3 is 9.80 Å². The molecule has 6 rings (SSSR count). The SMILES string of the molecule is CC1=NN(CC(C)C)C2N=C(N3C[C@@H]4[C@H](C3)[C@H]4N(C)c3nc(-c4ccncc4F)cc(=O)n3C)NC(=O)C12. The predicted octanol–water partition coefficient (Wildman–Crippen LogP) is 1.12. The number of nitrogens with zero attached hydrogens (tertiary/aromatic N) is 8. The van der Waals surface area contributed by atoms with Crippen LogP contribution in [-0.2, 0) is 11.8 Å². The number of carbonyl (C=O) groups excluding carboxylic acids is 1. The number of guanidine groups is 1. The molecule has 1 N–H and O–H groups in total. The summed E-state index contributed by atoms with van der Waals surface area (Å²) >= 11 is 0. The highest BCUT2D eigenvalue weighted by Gasteiger charge is 2.59. The lowest BCUT2D eigenvalue weighted by Crippen LogP contribution is -2.55. The van der Waals surface area contributed by atoms with Gasteiger partial charge in [-0.15, -0.1) is 0 Å². The van der Waals surface area contributed by atoms with Crippen molar-refractivity contribution in [3.05, 3.63) is 40.7 Å². The summed E-state index contributed by atoms with van der Waals surface area (Å²) in [6, 6.07) is 3.05. The summed E-state index contributed by atoms with van der Waals surface area (Å²) in [4.78, 5) is 43.2. The van der Waals surface area contributed by atoms with Gasteiger partial charge in [-0.25, -0.2) is 14.4 Å². The molecule has 3 aliphatic heterocycles. The number of pyridine rings is 1. The summed E-state index contributed by atoms with van der Waals surface area (Å²) in [6.07, 6.45) is 2.30. The van der Waals surface area contributed by atoms with E-state index in [0.717, 1.165) is 31.5 Å². The quantitative estimate of drug-likeness (QED) is 0.628. The lowest BCUT2D eigenvalue weighted by atomic mass is 9.99. The van der Waals surface area contributed by atoms with Crippen LogP contribution in [0, 0.1) is 29.5 Å². The number of rotatable bonds is 5. The van der Waals surface area contributed by atoms with Crippen molar-refractivity contribution < 1.29 is 9.18 Å². The number of amides is 1. The first-order valence-corrected chi connectivity index (χ1v) is 13.0. The van der Waals surface area contributed by atoms with Crippen molar-refractivity contribution in [2.24, 2.45) is 40.8 Å². The van der Waals surface area contributed by atoms with E-state index in [-0.39, 0.29) is 40.8 Å². The maximum absolute atomic E-state index is 14.4. The molecule has 2 aromatic rings. The van der Waals surface area contributed by atoms with Crippen LogP contribution >= 0.6 is 0 Å². The molecule has 12 heteroatoms. The normalized spacial score (nSPS) is 27.7. The molecule has 200 valence electrons. The van der Waals surface area contributed by atoms with Gasteiger partial charge in [-0.05, 0) is 18.9 Å². The highest BCUT2D eigenvalue weighted by atomic mass is 19.1. The van der Waals surface area contributed by atoms with E-state index in [1.54, 1.807) is 7.05 Å². The third-order valence-corrected chi connectivity index (χ3v) is 8.03. The fourth-order valence-electron chi connectivity index (χ4n) is 6.15. The lowest BCUT2D eigenvalue weighted by molar-refractivity contribution is -0.123. The molecule has 2 unspecified atom stereocenters. The van der Waals surface area contributed by atoms with Gasteiger partial charge in [0.25, 0.3) is 5.56 Å². The molecule has 1 amide bonds. The molecule has 38 heavy (non-hydrogen) atoms. The second-order valence-electron chi connectivity index (χ2n) is 11.1. The van der Waals surface area contributed by atoms with Crippen LogP contribution in [0.1, 0.15) is 20.8 Å². The van der Waals surface area contributed by atoms with E-state index in [9.17, 15) is 14.0 Å². The van der Waals surface area contributed by atoms with E-state index >= 15 is 0 Å². The Balaban J connectivity index is 1.19. The average Bonchev–Trinajstić information content (AvgIpc) is 3.19. The molecule has 0 bridgehead atoms. The minimum absolute atomic E-state index is 0.0545. The van der Waals surface area contributed by atoms with Crippen molar-refractivity contribution in [2.45, 2.75) is 33.0 Å². The molecule has 11 nitrogen and oxygen atoms in total. The maximum atomic E-state index is 14.4. The van der Waals surface area contributed by atoms with E-state index in [4.69, 9.17) is 4.99 Å². The second kappa shape index (κ2) is 8.88. The molecule has 2 fully saturated rings. The molecule has 1 saturated carbocycles. The number of nitrogens with one attached hydrogen (secondary N) is 1. The summed E-state index contributed by atoms with van der Waals surface area (Å²) in [5, 5.41) is 9.58. The highest BCUT2D eigenvalue weighted by molar-refractivity contribution is 6.12. The number of carbonyl (C=O) groups is 1. The number of hydrazone groups is 1. The van der Waals surface area contributed by atoms with Crippen molar-refractivity contribution in [1.29, 1.82) is 0 Å². The van der Waals surface area contributed by atoms with Gasteiger partial charge in [0.2, 0.25) is 17.8 Å². The number of aromatic nitrogens is 3. The van der Waals surface area contributed by atoms with Gasteiger partial charge in [0, 0.05) is 69.4 Å². The standard InChI is InChI=1S/C26H32FN9O2/c1-13(2)10-36-23-21(14(3)32-36)24(38)31-25(30-23)35-11-16-17(12-35)22(16)34(5)26-29-19(8-20(37)33(26)4)15-6-7-28-9-18(15)27/h6-9,13,16-17,21-23H,10-12H2,1-5H3,(H,30,31,38)/t16-,17+,21?,22+,23?. The van der Waals surface area contributed by atoms with E-state index in [0.29, 0.717) is 29.7 Å². The lowest BCUT2D eigenvalue weighted by Gasteiger charge is -2.34. The van der Waals surface area contributed by atoms with Crippen LogP contribution in [0.4, 0.5) is 10.3 Å². The van der Waals surface area contributed by atoms with Crippen molar-refractivity contribution >= 4 is 23.5 Å². The first-order chi connectivity index (χ1) is 18.1. The highest BCUT2D eigenvalue weighted by Crippen LogP contribution is 2.49. The van der Waals surface area contributed by atoms with Gasteiger partial charge in [0.15, 0.2) is 12.0 Å². The van der Waals surface area contributed by atoms with Crippen molar-refractivity contribution in [1.82, 2.24) is 29.8 Å². The zero-order valence-electron chi connectivity index (χ0n) is 22.2. The summed E-state index contributed by atoms with van der Waals surface area (Å²) < 4.78 is 15.8. The van der Waals surface area contributed by atoms with Crippen molar-refractivity contribution in [3.8, 4) is 11.3 Å². The number of halogens is 1. The van der Waals surface area contributed by atoms with Crippen LogP contribution in [0.25, 0.3) is 11.3 Å². The summed E-state index contributed by atoms with van der Waals surface area (Å²) in [5.74, 6) is 1.26. The van der Waals surface area contributed by atoms with Gasteiger partial charge in [-0.2, -0.15) is 5.10 Å². The predicted molar refractivity (Wildman–Crippen MR) is 141 cm³/mol. The van der Waals surface area contributed by atoms with Crippen LogP contribution in [0.15, 0.2) is 39.4 Å². The third-order valence-electron chi connectivity index (χ3n) is 8.03. The summed E-state index contributed by atoms with van der Waals surface area (Å²) in [6.45, 7) is 8.38. The van der Waals surface area contributed by atoms with Gasteiger partial charge in [0.1, 0.15) is 5.92 Å². The Morgan fingerprint density at radius 2 is 1.97 bits per heavy atom. The number of hydrogen-bond acceptors (Lipinski definition) is 9. The average molecular weight is 522 g/mol. The molecule has 2 aromatic heterocycles. The molecule has 0 radical (unpaired) electrons. The number of piperidine rings is 1. The second-order valence-corrected chi connectivity index (χ2v) is 11.1. The van der Waals surface area contributed by atoms with Crippen LogP contribution in [0.5, 0.6) is 0 Å². The number of likely N-dealkylation sites (tertiary alicyclic amines) is 1. The molecular weight excluding hydrogens is 489 g/mol. The van der Waals surface area contributed by atoms with E-state index in [1.165, 1.54) is 22.9 Å². The topological polar surface area (TPSA) is 111 Å². The number of fused-ring (bicyclic) bond motifs is 2. The molecule has 1 aliphatic carbocycles. The van der Waals surface area contributed by atoms with Gasteiger partial charge >= 0.3 is 0 Å². The van der Waals surface area contributed by atoms with Crippen LogP contribution in [-0.4, -0.2) is 80.9 Å². The summed E-state index contributed by atoms with van der Waals surface area (Å²) in [7, 11) is 3.60. The van der Waals surface area contributed by atoms with Crippen molar-refractivity contribution in [2.75, 3.05) is 31.6 Å². The van der Waals surface area contributed by atoms with Crippen molar-refractivity contribution in [3.63, 3.8) is 0 Å². The monoisotopic (exact) mass is 521 g/mol. The van der Waals surface area contributed by atoms with Gasteiger partial charge in [0.05, 0.1) is 17.6 Å². The molecular formula is C26H32FN9O2. The third kappa shape index (κ3) is 3.93. The number of aliphatic imine (C=N–C) groups is 1. The smallest absolute Gasteiger partial charge is 0.255 e. The fourth-order valence-corrected chi connectivity index (χ4v) is 6.15.